The van der Waals surface area contributed by atoms with E-state index in [0.717, 1.165) is 17.5 Å². The Morgan fingerprint density at radius 2 is 1.31 bits per heavy atom. The van der Waals surface area contributed by atoms with Crippen LogP contribution in [0.1, 0.15) is 84.0 Å². The Kier molecular flexibility index (Phi) is 9.86. The van der Waals surface area contributed by atoms with E-state index in [1.807, 2.05) is 24.3 Å². The van der Waals surface area contributed by atoms with Gasteiger partial charge in [0.05, 0.1) is 0 Å². The fourth-order valence-electron chi connectivity index (χ4n) is 3.50. The zero-order valence-corrected chi connectivity index (χ0v) is 16.4. The van der Waals surface area contributed by atoms with Gasteiger partial charge in [-0.1, -0.05) is 108 Å². The lowest BCUT2D eigenvalue weighted by molar-refractivity contribution is -0.116. The molecule has 1 N–H and O–H groups in total. The molecule has 2 heteroatoms. The molecule has 0 aromatic heterocycles. The number of carbonyl (C=O) groups excluding carboxylic acids is 1. The highest BCUT2D eigenvalue weighted by Crippen LogP contribution is 2.23. The first-order valence-electron chi connectivity index (χ1n) is 10.6. The number of nitrogens with one attached hydrogen (secondary N) is 1. The highest BCUT2D eigenvalue weighted by atomic mass is 16.1. The predicted molar refractivity (Wildman–Crippen MR) is 114 cm³/mol. The highest BCUT2D eigenvalue weighted by Gasteiger charge is 2.05. The van der Waals surface area contributed by atoms with Crippen LogP contribution in [0.25, 0.3) is 10.8 Å². The summed E-state index contributed by atoms with van der Waals surface area (Å²) in [7, 11) is 0. The molecule has 26 heavy (non-hydrogen) atoms. The summed E-state index contributed by atoms with van der Waals surface area (Å²) in [4.78, 5) is 12.2. The minimum Gasteiger partial charge on any atom is -0.326 e. The molecule has 2 aromatic rings. The monoisotopic (exact) mass is 353 g/mol. The lowest BCUT2D eigenvalue weighted by atomic mass is 10.1. The van der Waals surface area contributed by atoms with Crippen molar-refractivity contribution in [2.75, 3.05) is 5.32 Å². The van der Waals surface area contributed by atoms with Gasteiger partial charge < -0.3 is 5.32 Å². The molecule has 0 saturated carbocycles. The van der Waals surface area contributed by atoms with Crippen molar-refractivity contribution in [2.24, 2.45) is 0 Å². The number of anilines is 1. The van der Waals surface area contributed by atoms with Crippen LogP contribution in [-0.4, -0.2) is 5.91 Å². The first-order chi connectivity index (χ1) is 12.8. The highest BCUT2D eigenvalue weighted by molar-refractivity contribution is 6.02. The summed E-state index contributed by atoms with van der Waals surface area (Å²) in [5, 5.41) is 5.36. The number of carbonyl (C=O) groups is 1. The normalized spacial score (nSPS) is 11.0. The summed E-state index contributed by atoms with van der Waals surface area (Å²) in [5.41, 5.74) is 0.927. The van der Waals surface area contributed by atoms with Crippen LogP contribution in [0.3, 0.4) is 0 Å². The average Bonchev–Trinajstić information content (AvgIpc) is 2.66. The summed E-state index contributed by atoms with van der Waals surface area (Å²) in [6.07, 6.45) is 15.0. The van der Waals surface area contributed by atoms with Crippen molar-refractivity contribution >= 4 is 22.4 Å². The van der Waals surface area contributed by atoms with Crippen molar-refractivity contribution in [1.29, 1.82) is 0 Å². The Morgan fingerprint density at radius 3 is 2.00 bits per heavy atom. The maximum absolute atomic E-state index is 12.2. The van der Waals surface area contributed by atoms with Crippen molar-refractivity contribution < 1.29 is 4.79 Å². The van der Waals surface area contributed by atoms with E-state index in [1.54, 1.807) is 0 Å². The zero-order chi connectivity index (χ0) is 18.5. The molecule has 142 valence electrons. The largest absolute Gasteiger partial charge is 0.326 e. The molecule has 0 bridgehead atoms. The lowest BCUT2D eigenvalue weighted by Gasteiger charge is -2.08. The second-order valence-corrected chi connectivity index (χ2v) is 7.36. The third-order valence-corrected chi connectivity index (χ3v) is 5.07. The number of hydrogen-bond acceptors (Lipinski definition) is 1. The van der Waals surface area contributed by atoms with Crippen LogP contribution >= 0.6 is 0 Å². The molecule has 0 radical (unpaired) electrons. The molecule has 2 aromatic carbocycles. The van der Waals surface area contributed by atoms with Crippen LogP contribution in [0.2, 0.25) is 0 Å². The van der Waals surface area contributed by atoms with Crippen molar-refractivity contribution in [2.45, 2.75) is 84.0 Å². The van der Waals surface area contributed by atoms with Gasteiger partial charge in [0.25, 0.3) is 0 Å². The summed E-state index contributed by atoms with van der Waals surface area (Å²) < 4.78 is 0. The Morgan fingerprint density at radius 1 is 0.731 bits per heavy atom. The second kappa shape index (κ2) is 12.5. The molecule has 0 spiro atoms. The number of rotatable bonds is 13. The van der Waals surface area contributed by atoms with E-state index in [1.165, 1.54) is 69.6 Å². The fourth-order valence-corrected chi connectivity index (χ4v) is 3.50. The molecule has 0 aliphatic carbocycles. The Labute approximate surface area is 159 Å². The minimum atomic E-state index is 0.136. The van der Waals surface area contributed by atoms with E-state index in [0.29, 0.717) is 6.42 Å². The van der Waals surface area contributed by atoms with E-state index >= 15 is 0 Å². The first kappa shape index (κ1) is 20.5. The second-order valence-electron chi connectivity index (χ2n) is 7.36. The van der Waals surface area contributed by atoms with Crippen LogP contribution in [0.4, 0.5) is 5.69 Å². The van der Waals surface area contributed by atoms with Crippen molar-refractivity contribution in [3.05, 3.63) is 42.5 Å². The SMILES string of the molecule is CCCCCCCCCCCCCC(=O)Nc1cccc2ccccc12. The van der Waals surface area contributed by atoms with E-state index < -0.39 is 0 Å². The van der Waals surface area contributed by atoms with Crippen LogP contribution in [0.15, 0.2) is 42.5 Å². The molecular formula is C24H35NO. The molecule has 0 fully saturated rings. The summed E-state index contributed by atoms with van der Waals surface area (Å²) in [6.45, 7) is 2.27. The third-order valence-electron chi connectivity index (χ3n) is 5.07. The van der Waals surface area contributed by atoms with Crippen LogP contribution in [0.5, 0.6) is 0 Å². The molecule has 0 aliphatic rings. The van der Waals surface area contributed by atoms with Gasteiger partial charge in [-0.25, -0.2) is 0 Å². The van der Waals surface area contributed by atoms with Gasteiger partial charge in [0.2, 0.25) is 5.91 Å². The Bertz CT molecular complexity index is 644. The Hall–Kier alpha value is -1.83. The maximum atomic E-state index is 12.2. The molecule has 0 unspecified atom stereocenters. The third kappa shape index (κ3) is 7.59. The standard InChI is InChI=1S/C24H35NO/c1-2-3-4-5-6-7-8-9-10-11-12-20-24(26)25-23-19-15-17-21-16-13-14-18-22(21)23/h13-19H,2-12,20H2,1H3,(H,25,26). The molecule has 0 atom stereocenters. The molecule has 0 aliphatic heterocycles. The topological polar surface area (TPSA) is 29.1 Å². The molecular weight excluding hydrogens is 318 g/mol. The molecule has 0 heterocycles. The maximum Gasteiger partial charge on any atom is 0.224 e. The molecule has 2 nitrogen and oxygen atoms in total. The van der Waals surface area contributed by atoms with E-state index in [-0.39, 0.29) is 5.91 Å². The summed E-state index contributed by atoms with van der Waals surface area (Å²) >= 11 is 0. The van der Waals surface area contributed by atoms with Gasteiger partial charge in [-0.05, 0) is 17.9 Å². The average molecular weight is 354 g/mol. The number of unbranched alkanes of at least 4 members (excludes halogenated alkanes) is 10. The molecule has 1 amide bonds. The van der Waals surface area contributed by atoms with E-state index in [4.69, 9.17) is 0 Å². The summed E-state index contributed by atoms with van der Waals surface area (Å²) in [5.74, 6) is 0.136. The zero-order valence-electron chi connectivity index (χ0n) is 16.4. The van der Waals surface area contributed by atoms with E-state index in [9.17, 15) is 4.79 Å². The lowest BCUT2D eigenvalue weighted by Crippen LogP contribution is -2.11. The van der Waals surface area contributed by atoms with Crippen molar-refractivity contribution in [3.8, 4) is 0 Å². The van der Waals surface area contributed by atoms with Crippen LogP contribution < -0.4 is 5.32 Å². The van der Waals surface area contributed by atoms with Gasteiger partial charge >= 0.3 is 0 Å². The number of fused-ring (bicyclic) bond motifs is 1. The van der Waals surface area contributed by atoms with Crippen LogP contribution in [0, 0.1) is 0 Å². The predicted octanol–water partition coefficient (Wildman–Crippen LogP) is 7.48. The number of amides is 1. The van der Waals surface area contributed by atoms with Gasteiger partial charge in [0.15, 0.2) is 0 Å². The van der Waals surface area contributed by atoms with Gasteiger partial charge in [0.1, 0.15) is 0 Å². The van der Waals surface area contributed by atoms with Gasteiger partial charge in [-0.15, -0.1) is 0 Å². The Balaban J connectivity index is 1.54. The smallest absolute Gasteiger partial charge is 0.224 e. The number of hydrogen-bond donors (Lipinski definition) is 1. The molecule has 0 saturated heterocycles. The van der Waals surface area contributed by atoms with Gasteiger partial charge in [0, 0.05) is 17.5 Å². The number of benzene rings is 2. The minimum absolute atomic E-state index is 0.136. The summed E-state index contributed by atoms with van der Waals surface area (Å²) in [6, 6.07) is 14.2. The van der Waals surface area contributed by atoms with Crippen molar-refractivity contribution in [3.63, 3.8) is 0 Å². The van der Waals surface area contributed by atoms with Gasteiger partial charge in [-0.3, -0.25) is 4.79 Å². The van der Waals surface area contributed by atoms with Crippen LogP contribution in [-0.2, 0) is 4.79 Å². The first-order valence-corrected chi connectivity index (χ1v) is 10.6. The molecule has 2 rings (SSSR count). The van der Waals surface area contributed by atoms with Gasteiger partial charge in [-0.2, -0.15) is 0 Å². The quantitative estimate of drug-likeness (QED) is 0.371. The fraction of sp³-hybridized carbons (Fsp3) is 0.542. The van der Waals surface area contributed by atoms with Crippen molar-refractivity contribution in [1.82, 2.24) is 0 Å². The van der Waals surface area contributed by atoms with E-state index in [2.05, 4.69) is 30.4 Å².